The molecule has 0 unspecified atom stereocenters. The van der Waals surface area contributed by atoms with Crippen LogP contribution in [0.15, 0.2) is 82.3 Å². The van der Waals surface area contributed by atoms with Crippen molar-refractivity contribution in [3.8, 4) is 11.3 Å². The molecule has 0 aliphatic heterocycles. The quantitative estimate of drug-likeness (QED) is 0.422. The molecule has 1 N–H and O–H groups in total. The lowest BCUT2D eigenvalue weighted by Crippen LogP contribution is -2.20. The Morgan fingerprint density at radius 1 is 1.06 bits per heavy atom. The molecule has 32 heavy (non-hydrogen) atoms. The van der Waals surface area contributed by atoms with Crippen LogP contribution in [0.3, 0.4) is 0 Å². The summed E-state index contributed by atoms with van der Waals surface area (Å²) in [7, 11) is 0. The Labute approximate surface area is 185 Å². The number of benzene rings is 2. The number of aromatic nitrogens is 2. The molecule has 0 radical (unpaired) electrons. The lowest BCUT2D eigenvalue weighted by molar-refractivity contribution is 0.629. The van der Waals surface area contributed by atoms with Gasteiger partial charge in [0.1, 0.15) is 17.0 Å². The summed E-state index contributed by atoms with van der Waals surface area (Å²) in [6.45, 7) is 2.76. The number of pyridine rings is 2. The molecule has 0 saturated carbocycles. The third-order valence-corrected chi connectivity index (χ3v) is 6.37. The monoisotopic (exact) mass is 421 g/mol. The fraction of sp³-hybridized carbons (Fsp3) is 0.185. The topological polar surface area (TPSA) is 60.1 Å². The van der Waals surface area contributed by atoms with Crippen molar-refractivity contribution in [2.24, 2.45) is 0 Å². The van der Waals surface area contributed by atoms with E-state index in [2.05, 4.69) is 41.5 Å². The molecule has 5 aromatic rings. The van der Waals surface area contributed by atoms with Crippen LogP contribution in [-0.4, -0.2) is 15.6 Å². The number of para-hydroxylation sites is 1. The van der Waals surface area contributed by atoms with Crippen LogP contribution in [0.4, 0.5) is 5.69 Å². The Morgan fingerprint density at radius 3 is 2.56 bits per heavy atom. The molecular formula is C27H23N3O2. The molecule has 0 bridgehead atoms. The van der Waals surface area contributed by atoms with Gasteiger partial charge in [-0.1, -0.05) is 42.5 Å². The lowest BCUT2D eigenvalue weighted by atomic mass is 10.1. The first-order chi connectivity index (χ1) is 15.7. The van der Waals surface area contributed by atoms with Gasteiger partial charge in [-0.25, -0.2) is 4.98 Å². The molecular weight excluding hydrogens is 398 g/mol. The molecule has 3 aromatic heterocycles. The van der Waals surface area contributed by atoms with E-state index < -0.39 is 0 Å². The van der Waals surface area contributed by atoms with Crippen molar-refractivity contribution < 1.29 is 4.42 Å². The van der Waals surface area contributed by atoms with Gasteiger partial charge in [-0.3, -0.25) is 4.79 Å². The van der Waals surface area contributed by atoms with E-state index in [4.69, 9.17) is 4.42 Å². The van der Waals surface area contributed by atoms with Crippen molar-refractivity contribution in [1.82, 2.24) is 9.55 Å². The Morgan fingerprint density at radius 2 is 1.81 bits per heavy atom. The van der Waals surface area contributed by atoms with Gasteiger partial charge >= 0.3 is 0 Å². The van der Waals surface area contributed by atoms with Gasteiger partial charge in [0, 0.05) is 24.2 Å². The van der Waals surface area contributed by atoms with Crippen molar-refractivity contribution in [2.75, 3.05) is 5.32 Å². The summed E-state index contributed by atoms with van der Waals surface area (Å²) in [6.07, 6.45) is 5.65. The summed E-state index contributed by atoms with van der Waals surface area (Å²) in [5, 5.41) is 5.18. The predicted molar refractivity (Wildman–Crippen MR) is 128 cm³/mol. The number of nitrogens with zero attached hydrogens (tertiary/aromatic N) is 2. The zero-order valence-electron chi connectivity index (χ0n) is 17.8. The van der Waals surface area contributed by atoms with Gasteiger partial charge in [-0.2, -0.15) is 0 Å². The Balaban J connectivity index is 1.41. The number of hydrogen-bond acceptors (Lipinski definition) is 4. The number of anilines is 1. The van der Waals surface area contributed by atoms with Crippen LogP contribution in [-0.2, 0) is 19.4 Å². The molecule has 0 saturated heterocycles. The number of nitrogens with one attached hydrogen (secondary N) is 1. The molecule has 0 spiro atoms. The SMILES string of the molecule is CCn1cc(-c2cc3ccccc3o2)c(=O)c2cc(NC3Cc4ccccc4C3)cnc21. The summed E-state index contributed by atoms with van der Waals surface area (Å²) in [5.74, 6) is 0.588. The number of furan rings is 1. The highest BCUT2D eigenvalue weighted by Gasteiger charge is 2.21. The summed E-state index contributed by atoms with van der Waals surface area (Å²) in [4.78, 5) is 18.2. The minimum absolute atomic E-state index is 0.0605. The average molecular weight is 422 g/mol. The van der Waals surface area contributed by atoms with Gasteiger partial charge in [0.15, 0.2) is 0 Å². The van der Waals surface area contributed by atoms with E-state index in [-0.39, 0.29) is 5.43 Å². The van der Waals surface area contributed by atoms with Crippen molar-refractivity contribution >= 4 is 27.7 Å². The molecule has 0 fully saturated rings. The van der Waals surface area contributed by atoms with E-state index in [1.54, 1.807) is 0 Å². The molecule has 1 aliphatic carbocycles. The Bertz CT molecular complexity index is 1470. The standard InChI is InChI=1S/C27H23N3O2/c1-2-30-16-23(25-13-19-9-5-6-10-24(19)32-25)26(31)22-14-21(15-28-27(22)30)29-20-11-17-7-3-4-8-18(17)12-20/h3-10,13-16,20,29H,2,11-12H2,1H3. The van der Waals surface area contributed by atoms with Crippen molar-refractivity contribution in [3.63, 3.8) is 0 Å². The fourth-order valence-electron chi connectivity index (χ4n) is 4.78. The van der Waals surface area contributed by atoms with Crippen LogP contribution < -0.4 is 10.7 Å². The van der Waals surface area contributed by atoms with E-state index in [1.807, 2.05) is 53.4 Å². The first-order valence-electron chi connectivity index (χ1n) is 11.0. The maximum atomic E-state index is 13.5. The van der Waals surface area contributed by atoms with E-state index in [0.717, 1.165) is 29.5 Å². The van der Waals surface area contributed by atoms with Gasteiger partial charge < -0.3 is 14.3 Å². The van der Waals surface area contributed by atoms with E-state index in [1.165, 1.54) is 11.1 Å². The van der Waals surface area contributed by atoms with Gasteiger partial charge in [-0.15, -0.1) is 0 Å². The number of rotatable bonds is 4. The fourth-order valence-corrected chi connectivity index (χ4v) is 4.78. The zero-order valence-corrected chi connectivity index (χ0v) is 17.8. The Hall–Kier alpha value is -3.86. The van der Waals surface area contributed by atoms with E-state index in [9.17, 15) is 4.79 Å². The van der Waals surface area contributed by atoms with Gasteiger partial charge in [0.25, 0.3) is 0 Å². The summed E-state index contributed by atoms with van der Waals surface area (Å²) in [6, 6.07) is 20.5. The number of hydrogen-bond donors (Lipinski definition) is 1. The highest BCUT2D eigenvalue weighted by atomic mass is 16.3. The van der Waals surface area contributed by atoms with Gasteiger partial charge in [0.2, 0.25) is 5.43 Å². The normalized spacial score (nSPS) is 13.7. The van der Waals surface area contributed by atoms with Crippen molar-refractivity contribution in [2.45, 2.75) is 32.4 Å². The highest BCUT2D eigenvalue weighted by Crippen LogP contribution is 2.28. The second kappa shape index (κ2) is 7.38. The van der Waals surface area contributed by atoms with Crippen LogP contribution in [0.2, 0.25) is 0 Å². The maximum absolute atomic E-state index is 13.5. The highest BCUT2D eigenvalue weighted by molar-refractivity contribution is 5.86. The van der Waals surface area contributed by atoms with Crippen LogP contribution >= 0.6 is 0 Å². The molecule has 1 aliphatic rings. The first-order valence-corrected chi connectivity index (χ1v) is 11.0. The van der Waals surface area contributed by atoms with Gasteiger partial charge in [-0.05, 0) is 49.1 Å². The van der Waals surface area contributed by atoms with E-state index >= 15 is 0 Å². The second-order valence-electron chi connectivity index (χ2n) is 8.42. The number of aryl methyl sites for hydroxylation is 1. The summed E-state index contributed by atoms with van der Waals surface area (Å²) >= 11 is 0. The lowest BCUT2D eigenvalue weighted by Gasteiger charge is -2.15. The van der Waals surface area contributed by atoms with Crippen molar-refractivity contribution in [1.29, 1.82) is 0 Å². The van der Waals surface area contributed by atoms with Crippen molar-refractivity contribution in [3.05, 3.63) is 94.4 Å². The van der Waals surface area contributed by atoms with E-state index in [0.29, 0.717) is 34.9 Å². The molecule has 158 valence electrons. The maximum Gasteiger partial charge on any atom is 0.202 e. The Kier molecular flexibility index (Phi) is 4.35. The third kappa shape index (κ3) is 3.09. The zero-order chi connectivity index (χ0) is 21.7. The third-order valence-electron chi connectivity index (χ3n) is 6.37. The molecule has 6 rings (SSSR count). The summed E-state index contributed by atoms with van der Waals surface area (Å²) in [5.41, 5.74) is 5.62. The molecule has 0 atom stereocenters. The van der Waals surface area contributed by atoms with Crippen LogP contribution in [0, 0.1) is 0 Å². The van der Waals surface area contributed by atoms with Crippen LogP contribution in [0.5, 0.6) is 0 Å². The smallest absolute Gasteiger partial charge is 0.202 e. The van der Waals surface area contributed by atoms with Gasteiger partial charge in [0.05, 0.1) is 22.8 Å². The first kappa shape index (κ1) is 18.9. The largest absolute Gasteiger partial charge is 0.456 e. The minimum Gasteiger partial charge on any atom is -0.456 e. The molecule has 0 amide bonds. The second-order valence-corrected chi connectivity index (χ2v) is 8.42. The van der Waals surface area contributed by atoms with Crippen LogP contribution in [0.25, 0.3) is 33.3 Å². The molecule has 3 heterocycles. The minimum atomic E-state index is -0.0605. The summed E-state index contributed by atoms with van der Waals surface area (Å²) < 4.78 is 8.02. The van der Waals surface area contributed by atoms with Crippen LogP contribution in [0.1, 0.15) is 18.1 Å². The average Bonchev–Trinajstić information content (AvgIpc) is 3.43. The molecule has 5 heteroatoms. The number of fused-ring (bicyclic) bond motifs is 3. The molecule has 5 nitrogen and oxygen atoms in total. The molecule has 2 aromatic carbocycles. The predicted octanol–water partition coefficient (Wildman–Crippen LogP) is 5.41.